The van der Waals surface area contributed by atoms with Gasteiger partial charge in [-0.15, -0.1) is 0 Å². The third kappa shape index (κ3) is 3.64. The number of hydrogen-bond donors (Lipinski definition) is 1. The SMILES string of the molecule is CCc1cccnc1CNCCc1ccccn1. The van der Waals surface area contributed by atoms with Gasteiger partial charge in [-0.3, -0.25) is 9.97 Å². The van der Waals surface area contributed by atoms with Gasteiger partial charge in [0, 0.05) is 37.6 Å². The van der Waals surface area contributed by atoms with Gasteiger partial charge in [0.15, 0.2) is 0 Å². The molecule has 0 aliphatic rings. The fourth-order valence-electron chi connectivity index (χ4n) is 1.92. The first-order chi connectivity index (χ1) is 8.90. The summed E-state index contributed by atoms with van der Waals surface area (Å²) in [5.41, 5.74) is 3.60. The van der Waals surface area contributed by atoms with E-state index < -0.39 is 0 Å². The lowest BCUT2D eigenvalue weighted by Crippen LogP contribution is -2.18. The summed E-state index contributed by atoms with van der Waals surface area (Å²) in [5.74, 6) is 0. The Balaban J connectivity index is 1.78. The molecule has 2 aromatic rings. The van der Waals surface area contributed by atoms with Crippen molar-refractivity contribution >= 4 is 0 Å². The quantitative estimate of drug-likeness (QED) is 0.789. The maximum absolute atomic E-state index is 4.42. The van der Waals surface area contributed by atoms with Crippen LogP contribution in [0.3, 0.4) is 0 Å². The lowest BCUT2D eigenvalue weighted by Gasteiger charge is -2.07. The molecule has 0 spiro atoms. The highest BCUT2D eigenvalue weighted by atomic mass is 14.9. The van der Waals surface area contributed by atoms with E-state index in [0.29, 0.717) is 0 Å². The first-order valence-electron chi connectivity index (χ1n) is 6.43. The van der Waals surface area contributed by atoms with Crippen molar-refractivity contribution in [3.8, 4) is 0 Å². The molecule has 3 heteroatoms. The Morgan fingerprint density at radius 1 is 1.06 bits per heavy atom. The molecule has 0 fully saturated rings. The van der Waals surface area contributed by atoms with Gasteiger partial charge in [0.05, 0.1) is 5.69 Å². The summed E-state index contributed by atoms with van der Waals surface area (Å²) in [5, 5.41) is 3.42. The van der Waals surface area contributed by atoms with Gasteiger partial charge in [0.2, 0.25) is 0 Å². The zero-order chi connectivity index (χ0) is 12.6. The van der Waals surface area contributed by atoms with Crippen molar-refractivity contribution in [2.75, 3.05) is 6.54 Å². The van der Waals surface area contributed by atoms with Crippen LogP contribution in [-0.2, 0) is 19.4 Å². The van der Waals surface area contributed by atoms with Crippen LogP contribution in [0, 0.1) is 0 Å². The molecule has 0 amide bonds. The average molecular weight is 241 g/mol. The largest absolute Gasteiger partial charge is 0.311 e. The molecule has 0 aliphatic carbocycles. The predicted octanol–water partition coefficient (Wildman–Crippen LogP) is 2.37. The van der Waals surface area contributed by atoms with E-state index >= 15 is 0 Å². The molecular formula is C15H19N3. The van der Waals surface area contributed by atoms with E-state index in [-0.39, 0.29) is 0 Å². The van der Waals surface area contributed by atoms with E-state index in [0.717, 1.165) is 37.3 Å². The highest BCUT2D eigenvalue weighted by molar-refractivity contribution is 5.19. The Kier molecular flexibility index (Phi) is 4.85. The van der Waals surface area contributed by atoms with Crippen molar-refractivity contribution in [2.45, 2.75) is 26.3 Å². The molecule has 0 saturated carbocycles. The summed E-state index contributed by atoms with van der Waals surface area (Å²) in [6.07, 6.45) is 5.68. The van der Waals surface area contributed by atoms with E-state index in [2.05, 4.69) is 34.3 Å². The molecule has 2 rings (SSSR count). The van der Waals surface area contributed by atoms with Gasteiger partial charge in [0.1, 0.15) is 0 Å². The van der Waals surface area contributed by atoms with Crippen molar-refractivity contribution in [2.24, 2.45) is 0 Å². The first-order valence-corrected chi connectivity index (χ1v) is 6.43. The lowest BCUT2D eigenvalue weighted by molar-refractivity contribution is 0.663. The molecule has 0 saturated heterocycles. The summed E-state index contributed by atoms with van der Waals surface area (Å²) in [6.45, 7) is 3.92. The molecule has 1 N–H and O–H groups in total. The Morgan fingerprint density at radius 3 is 2.72 bits per heavy atom. The van der Waals surface area contributed by atoms with Crippen LogP contribution in [0.2, 0.25) is 0 Å². The monoisotopic (exact) mass is 241 g/mol. The molecule has 94 valence electrons. The van der Waals surface area contributed by atoms with Crippen LogP contribution >= 0.6 is 0 Å². The van der Waals surface area contributed by atoms with Gasteiger partial charge < -0.3 is 5.32 Å². The fourth-order valence-corrected chi connectivity index (χ4v) is 1.92. The number of aryl methyl sites for hydroxylation is 1. The van der Waals surface area contributed by atoms with Gasteiger partial charge in [0.25, 0.3) is 0 Å². The normalized spacial score (nSPS) is 10.5. The van der Waals surface area contributed by atoms with E-state index in [1.165, 1.54) is 5.56 Å². The standard InChI is InChI=1S/C15H19N3/c1-2-13-6-5-10-18-15(13)12-16-11-8-14-7-3-4-9-17-14/h3-7,9-10,16H,2,8,11-12H2,1H3. The molecule has 2 heterocycles. The van der Waals surface area contributed by atoms with Crippen LogP contribution in [-0.4, -0.2) is 16.5 Å². The fraction of sp³-hybridized carbons (Fsp3) is 0.333. The number of nitrogens with one attached hydrogen (secondary N) is 1. The maximum atomic E-state index is 4.42. The summed E-state index contributed by atoms with van der Waals surface area (Å²) in [7, 11) is 0. The number of aromatic nitrogens is 2. The zero-order valence-electron chi connectivity index (χ0n) is 10.8. The van der Waals surface area contributed by atoms with Gasteiger partial charge in [-0.2, -0.15) is 0 Å². The zero-order valence-corrected chi connectivity index (χ0v) is 10.8. The highest BCUT2D eigenvalue weighted by Crippen LogP contribution is 2.05. The molecule has 0 aromatic carbocycles. The van der Waals surface area contributed by atoms with Crippen LogP contribution in [0.15, 0.2) is 42.7 Å². The van der Waals surface area contributed by atoms with Crippen molar-refractivity contribution in [3.63, 3.8) is 0 Å². The van der Waals surface area contributed by atoms with Crippen molar-refractivity contribution in [3.05, 3.63) is 59.7 Å². The Bertz CT molecular complexity index is 468. The van der Waals surface area contributed by atoms with Gasteiger partial charge >= 0.3 is 0 Å². The van der Waals surface area contributed by atoms with Gasteiger partial charge in [-0.25, -0.2) is 0 Å². The van der Waals surface area contributed by atoms with Gasteiger partial charge in [-0.1, -0.05) is 19.1 Å². The van der Waals surface area contributed by atoms with Crippen LogP contribution < -0.4 is 5.32 Å². The lowest BCUT2D eigenvalue weighted by atomic mass is 10.1. The van der Waals surface area contributed by atoms with E-state index in [4.69, 9.17) is 0 Å². The Morgan fingerprint density at radius 2 is 1.94 bits per heavy atom. The number of rotatable bonds is 6. The molecule has 0 unspecified atom stereocenters. The number of pyridine rings is 2. The molecule has 0 aliphatic heterocycles. The maximum Gasteiger partial charge on any atom is 0.0573 e. The van der Waals surface area contributed by atoms with Crippen LogP contribution in [0.4, 0.5) is 0 Å². The third-order valence-electron chi connectivity index (χ3n) is 2.94. The topological polar surface area (TPSA) is 37.8 Å². The Hall–Kier alpha value is -1.74. The summed E-state index contributed by atoms with van der Waals surface area (Å²) in [4.78, 5) is 8.72. The van der Waals surface area contributed by atoms with Crippen LogP contribution in [0.5, 0.6) is 0 Å². The number of nitrogens with zero attached hydrogens (tertiary/aromatic N) is 2. The minimum absolute atomic E-state index is 0.830. The second kappa shape index (κ2) is 6.87. The summed E-state index contributed by atoms with van der Waals surface area (Å²) in [6, 6.07) is 10.2. The van der Waals surface area contributed by atoms with Crippen molar-refractivity contribution in [1.82, 2.24) is 15.3 Å². The summed E-state index contributed by atoms with van der Waals surface area (Å²) < 4.78 is 0. The second-order valence-electron chi connectivity index (χ2n) is 4.21. The molecule has 3 nitrogen and oxygen atoms in total. The third-order valence-corrected chi connectivity index (χ3v) is 2.94. The molecule has 0 atom stereocenters. The van der Waals surface area contributed by atoms with Gasteiger partial charge in [-0.05, 0) is 30.2 Å². The van der Waals surface area contributed by atoms with Crippen LogP contribution in [0.1, 0.15) is 23.9 Å². The minimum atomic E-state index is 0.830. The van der Waals surface area contributed by atoms with Crippen molar-refractivity contribution in [1.29, 1.82) is 0 Å². The smallest absolute Gasteiger partial charge is 0.0573 e. The van der Waals surface area contributed by atoms with E-state index in [1.807, 2.05) is 30.6 Å². The number of hydrogen-bond acceptors (Lipinski definition) is 3. The Labute approximate surface area is 108 Å². The van der Waals surface area contributed by atoms with E-state index in [1.54, 1.807) is 0 Å². The molecule has 0 bridgehead atoms. The van der Waals surface area contributed by atoms with Crippen molar-refractivity contribution < 1.29 is 0 Å². The second-order valence-corrected chi connectivity index (χ2v) is 4.21. The first kappa shape index (κ1) is 12.7. The summed E-state index contributed by atoms with van der Waals surface area (Å²) >= 11 is 0. The molecule has 18 heavy (non-hydrogen) atoms. The minimum Gasteiger partial charge on any atom is -0.311 e. The predicted molar refractivity (Wildman–Crippen MR) is 73.3 cm³/mol. The highest BCUT2D eigenvalue weighted by Gasteiger charge is 2.00. The molecule has 2 aromatic heterocycles. The van der Waals surface area contributed by atoms with E-state index in [9.17, 15) is 0 Å². The molecular weight excluding hydrogens is 222 g/mol. The molecule has 0 radical (unpaired) electrons. The average Bonchev–Trinajstić information content (AvgIpc) is 2.45. The van der Waals surface area contributed by atoms with Crippen LogP contribution in [0.25, 0.3) is 0 Å².